The fraction of sp³-hybridized carbons (Fsp3) is 0.600. The lowest BCUT2D eigenvalue weighted by atomic mass is 9.77. The molecule has 0 bridgehead atoms. The lowest BCUT2D eigenvalue weighted by molar-refractivity contribution is -0.137. The second kappa shape index (κ2) is 6.16. The van der Waals surface area contributed by atoms with Gasteiger partial charge in [-0.05, 0) is 43.0 Å². The molecule has 0 aromatic heterocycles. The minimum atomic E-state index is -4.36. The van der Waals surface area contributed by atoms with E-state index in [2.05, 4.69) is 40.4 Å². The lowest BCUT2D eigenvalue weighted by Crippen LogP contribution is -2.50. The van der Waals surface area contributed by atoms with Gasteiger partial charge in [0.15, 0.2) is 0 Å². The zero-order valence-corrected chi connectivity index (χ0v) is 13.7. The topological polar surface area (TPSA) is 24.1 Å². The molecule has 21 heavy (non-hydrogen) atoms. The largest absolute Gasteiger partial charge is 0.418 e. The van der Waals surface area contributed by atoms with E-state index in [1.54, 1.807) is 6.07 Å². The Morgan fingerprint density at radius 1 is 1.38 bits per heavy atom. The summed E-state index contributed by atoms with van der Waals surface area (Å²) in [6.07, 6.45) is -2.17. The summed E-state index contributed by atoms with van der Waals surface area (Å²) in [5.74, 6) is 0. The van der Waals surface area contributed by atoms with Crippen molar-refractivity contribution >= 4 is 21.6 Å². The molecule has 0 radical (unpaired) electrons. The van der Waals surface area contributed by atoms with E-state index in [0.29, 0.717) is 11.0 Å². The quantitative estimate of drug-likeness (QED) is 0.814. The molecule has 0 spiro atoms. The normalized spacial score (nSPS) is 22.1. The monoisotopic (exact) mass is 364 g/mol. The number of rotatable bonds is 3. The molecular formula is C15H20BrF3N2. The van der Waals surface area contributed by atoms with E-state index in [1.165, 1.54) is 6.07 Å². The predicted molar refractivity (Wildman–Crippen MR) is 82.4 cm³/mol. The molecule has 6 heteroatoms. The van der Waals surface area contributed by atoms with Crippen LogP contribution in [-0.4, -0.2) is 19.1 Å². The van der Waals surface area contributed by atoms with E-state index in [-0.39, 0.29) is 17.1 Å². The molecule has 2 N–H and O–H groups in total. The molecule has 1 unspecified atom stereocenters. The van der Waals surface area contributed by atoms with E-state index < -0.39 is 11.7 Å². The van der Waals surface area contributed by atoms with E-state index in [4.69, 9.17) is 0 Å². The van der Waals surface area contributed by atoms with Gasteiger partial charge in [0.1, 0.15) is 0 Å². The predicted octanol–water partition coefficient (Wildman–Crippen LogP) is 4.66. The van der Waals surface area contributed by atoms with E-state index in [9.17, 15) is 13.2 Å². The van der Waals surface area contributed by atoms with Crippen LogP contribution in [0.1, 0.15) is 32.3 Å². The smallest absolute Gasteiger partial charge is 0.383 e. The fourth-order valence-corrected chi connectivity index (χ4v) is 3.10. The number of nitrogens with one attached hydrogen (secondary N) is 2. The molecule has 1 heterocycles. The molecule has 0 amide bonds. The molecule has 1 aromatic rings. The number of piperidine rings is 1. The summed E-state index contributed by atoms with van der Waals surface area (Å²) in [5, 5.41) is 6.37. The first kappa shape index (κ1) is 16.6. The minimum absolute atomic E-state index is 0.0824. The maximum Gasteiger partial charge on any atom is 0.418 e. The summed E-state index contributed by atoms with van der Waals surface area (Å²) in [6.45, 7) is 5.70. The fourth-order valence-electron chi connectivity index (χ4n) is 2.74. The van der Waals surface area contributed by atoms with Gasteiger partial charge in [-0.15, -0.1) is 0 Å². The van der Waals surface area contributed by atoms with Crippen molar-refractivity contribution in [2.45, 2.75) is 38.9 Å². The van der Waals surface area contributed by atoms with Gasteiger partial charge in [0.05, 0.1) is 5.56 Å². The van der Waals surface area contributed by atoms with Crippen LogP contribution >= 0.6 is 15.9 Å². The third kappa shape index (κ3) is 4.13. The number of benzene rings is 1. The summed E-state index contributed by atoms with van der Waals surface area (Å²) in [5.41, 5.74) is -0.418. The summed E-state index contributed by atoms with van der Waals surface area (Å²) in [4.78, 5) is 0. The average molecular weight is 365 g/mol. The maximum atomic E-state index is 13.1. The first-order chi connectivity index (χ1) is 9.70. The van der Waals surface area contributed by atoms with Gasteiger partial charge >= 0.3 is 6.18 Å². The number of hydrogen-bond donors (Lipinski definition) is 2. The van der Waals surface area contributed by atoms with Crippen molar-refractivity contribution < 1.29 is 13.2 Å². The van der Waals surface area contributed by atoms with Gasteiger partial charge in [-0.1, -0.05) is 29.8 Å². The maximum absolute atomic E-state index is 13.1. The Hall–Kier alpha value is -0.750. The van der Waals surface area contributed by atoms with Crippen molar-refractivity contribution in [3.8, 4) is 0 Å². The molecule has 1 aromatic carbocycles. The second-order valence-electron chi connectivity index (χ2n) is 6.17. The number of halogens is 4. The van der Waals surface area contributed by atoms with Crippen LogP contribution < -0.4 is 10.6 Å². The van der Waals surface area contributed by atoms with E-state index in [0.717, 1.165) is 25.5 Å². The van der Waals surface area contributed by atoms with Gasteiger partial charge in [-0.2, -0.15) is 13.2 Å². The Labute approximate surface area is 131 Å². The zero-order chi connectivity index (χ0) is 15.7. The molecule has 1 aliphatic rings. The summed E-state index contributed by atoms with van der Waals surface area (Å²) in [7, 11) is 0. The Bertz CT molecular complexity index is 500. The van der Waals surface area contributed by atoms with Crippen molar-refractivity contribution in [1.82, 2.24) is 5.32 Å². The molecule has 2 nitrogen and oxygen atoms in total. The summed E-state index contributed by atoms with van der Waals surface area (Å²) < 4.78 is 39.6. The Balaban J connectivity index is 2.13. The van der Waals surface area contributed by atoms with Crippen molar-refractivity contribution in [3.05, 3.63) is 28.2 Å². The standard InChI is InChI=1S/C15H20BrF3N2/c1-14(2)6-3-7-20-13(14)9-21-12-5-4-10(16)8-11(12)15(17,18)19/h4-5,8,13,20-21H,3,6-7,9H2,1-2H3. The van der Waals surface area contributed by atoms with E-state index in [1.807, 2.05) is 0 Å². The molecule has 1 saturated heterocycles. The number of anilines is 1. The Morgan fingerprint density at radius 2 is 2.10 bits per heavy atom. The van der Waals surface area contributed by atoms with Gasteiger partial charge < -0.3 is 10.6 Å². The van der Waals surface area contributed by atoms with Gasteiger partial charge in [-0.25, -0.2) is 0 Å². The van der Waals surface area contributed by atoms with Crippen LogP contribution in [-0.2, 0) is 6.18 Å². The highest BCUT2D eigenvalue weighted by atomic mass is 79.9. The van der Waals surface area contributed by atoms with Gasteiger partial charge in [0, 0.05) is 22.7 Å². The second-order valence-corrected chi connectivity index (χ2v) is 7.08. The van der Waals surface area contributed by atoms with Crippen molar-refractivity contribution in [3.63, 3.8) is 0 Å². The van der Waals surface area contributed by atoms with Gasteiger partial charge in [0.25, 0.3) is 0 Å². The van der Waals surface area contributed by atoms with Crippen LogP contribution in [0.2, 0.25) is 0 Å². The van der Waals surface area contributed by atoms with Crippen LogP contribution in [0.5, 0.6) is 0 Å². The average Bonchev–Trinajstić information content (AvgIpc) is 2.37. The highest BCUT2D eigenvalue weighted by Crippen LogP contribution is 2.37. The summed E-state index contributed by atoms with van der Waals surface area (Å²) >= 11 is 3.09. The Morgan fingerprint density at radius 3 is 2.71 bits per heavy atom. The molecule has 1 aliphatic heterocycles. The van der Waals surface area contributed by atoms with Crippen LogP contribution in [0.4, 0.5) is 18.9 Å². The molecular weight excluding hydrogens is 345 g/mol. The van der Waals surface area contributed by atoms with Crippen LogP contribution in [0.15, 0.2) is 22.7 Å². The third-order valence-electron chi connectivity index (χ3n) is 4.12. The minimum Gasteiger partial charge on any atom is -0.383 e. The Kier molecular flexibility index (Phi) is 4.88. The molecule has 0 saturated carbocycles. The zero-order valence-electron chi connectivity index (χ0n) is 12.1. The van der Waals surface area contributed by atoms with Crippen LogP contribution in [0.25, 0.3) is 0 Å². The molecule has 1 atom stereocenters. The molecule has 118 valence electrons. The van der Waals surface area contributed by atoms with Gasteiger partial charge in [-0.3, -0.25) is 0 Å². The number of alkyl halides is 3. The van der Waals surface area contributed by atoms with E-state index >= 15 is 0 Å². The summed E-state index contributed by atoms with van der Waals surface area (Å²) in [6, 6.07) is 4.37. The lowest BCUT2D eigenvalue weighted by Gasteiger charge is -2.39. The highest BCUT2D eigenvalue weighted by molar-refractivity contribution is 9.10. The third-order valence-corrected chi connectivity index (χ3v) is 4.61. The molecule has 1 fully saturated rings. The van der Waals surface area contributed by atoms with Crippen molar-refractivity contribution in [1.29, 1.82) is 0 Å². The van der Waals surface area contributed by atoms with Crippen molar-refractivity contribution in [2.24, 2.45) is 5.41 Å². The molecule has 2 rings (SSSR count). The van der Waals surface area contributed by atoms with Crippen molar-refractivity contribution in [2.75, 3.05) is 18.4 Å². The first-order valence-corrected chi connectivity index (χ1v) is 7.83. The highest BCUT2D eigenvalue weighted by Gasteiger charge is 2.35. The number of hydrogen-bond acceptors (Lipinski definition) is 2. The van der Waals surface area contributed by atoms with Crippen LogP contribution in [0.3, 0.4) is 0 Å². The van der Waals surface area contributed by atoms with Crippen LogP contribution in [0, 0.1) is 5.41 Å². The van der Waals surface area contributed by atoms with Gasteiger partial charge in [0.2, 0.25) is 0 Å². The first-order valence-electron chi connectivity index (χ1n) is 7.04. The SMILES string of the molecule is CC1(C)CCCNC1CNc1ccc(Br)cc1C(F)(F)F. The molecule has 0 aliphatic carbocycles.